The predicted octanol–water partition coefficient (Wildman–Crippen LogP) is 2.20. The van der Waals surface area contributed by atoms with Crippen molar-refractivity contribution in [1.82, 2.24) is 19.7 Å². The molecule has 1 amide bonds. The molecule has 0 radical (unpaired) electrons. The summed E-state index contributed by atoms with van der Waals surface area (Å²) >= 11 is 1.42. The molecule has 3 rings (SSSR count). The van der Waals surface area contributed by atoms with Crippen molar-refractivity contribution in [3.63, 3.8) is 0 Å². The van der Waals surface area contributed by atoms with E-state index in [0.29, 0.717) is 11.4 Å². The Morgan fingerprint density at radius 2 is 2.17 bits per heavy atom. The molecule has 0 spiro atoms. The molecule has 1 unspecified atom stereocenters. The van der Waals surface area contributed by atoms with Gasteiger partial charge >= 0.3 is 0 Å². The minimum atomic E-state index is 0. The van der Waals surface area contributed by atoms with Gasteiger partial charge in [-0.05, 0) is 18.4 Å². The van der Waals surface area contributed by atoms with Crippen LogP contribution < -0.4 is 5.73 Å². The Kier molecular flexibility index (Phi) is 6.59. The van der Waals surface area contributed by atoms with Crippen LogP contribution in [0, 0.1) is 5.41 Å². The molecule has 0 saturated carbocycles. The molecule has 1 fully saturated rings. The maximum Gasteiger partial charge on any atom is 0.265 e. The van der Waals surface area contributed by atoms with Crippen LogP contribution in [0.15, 0.2) is 18.6 Å². The monoisotopic (exact) mass is 377 g/mol. The van der Waals surface area contributed by atoms with Gasteiger partial charge in [0.15, 0.2) is 0 Å². The van der Waals surface area contributed by atoms with Crippen LogP contribution in [0.4, 0.5) is 0 Å². The average Bonchev–Trinajstić information content (AvgIpc) is 3.17. The quantitative estimate of drug-likeness (QED) is 0.888. The number of nitrogens with zero attached hydrogens (tertiary/aromatic N) is 4. The summed E-state index contributed by atoms with van der Waals surface area (Å²) in [6, 6.07) is 0. The van der Waals surface area contributed by atoms with E-state index in [1.54, 1.807) is 17.1 Å². The highest BCUT2D eigenvalue weighted by molar-refractivity contribution is 7.16. The number of carbonyl (C=O) groups is 1. The normalized spacial score (nSPS) is 20.0. The SMILES string of the molecule is Cl.Cl.Cn1cc(-c2ncc(C(=O)N3CCC(C)(CN)C3)s2)cn1. The van der Waals surface area contributed by atoms with Gasteiger partial charge in [0.05, 0.1) is 12.4 Å². The molecule has 9 heteroatoms. The topological polar surface area (TPSA) is 77.0 Å². The fourth-order valence-corrected chi connectivity index (χ4v) is 3.42. The lowest BCUT2D eigenvalue weighted by Gasteiger charge is -2.22. The number of nitrogens with two attached hydrogens (primary N) is 1. The van der Waals surface area contributed by atoms with E-state index in [1.165, 1.54) is 11.3 Å². The third-order valence-corrected chi connectivity index (χ3v) is 5.04. The van der Waals surface area contributed by atoms with E-state index in [1.807, 2.05) is 18.1 Å². The summed E-state index contributed by atoms with van der Waals surface area (Å²) in [6.45, 7) is 4.24. The summed E-state index contributed by atoms with van der Waals surface area (Å²) in [4.78, 5) is 19.4. The van der Waals surface area contributed by atoms with Gasteiger partial charge in [-0.3, -0.25) is 9.48 Å². The summed E-state index contributed by atoms with van der Waals surface area (Å²) in [7, 11) is 1.86. The fraction of sp³-hybridized carbons (Fsp3) is 0.500. The van der Waals surface area contributed by atoms with Crippen LogP contribution in [0.2, 0.25) is 0 Å². The van der Waals surface area contributed by atoms with Crippen molar-refractivity contribution in [2.75, 3.05) is 19.6 Å². The van der Waals surface area contributed by atoms with Crippen molar-refractivity contribution in [3.05, 3.63) is 23.5 Å². The third kappa shape index (κ3) is 4.03. The first kappa shape index (κ1) is 19.9. The lowest BCUT2D eigenvalue weighted by atomic mass is 9.90. The zero-order valence-electron chi connectivity index (χ0n) is 13.1. The lowest BCUT2D eigenvalue weighted by molar-refractivity contribution is 0.0781. The number of hydrogen-bond donors (Lipinski definition) is 1. The molecule has 128 valence electrons. The second-order valence-corrected chi connectivity index (χ2v) is 6.95. The molecule has 3 heterocycles. The average molecular weight is 378 g/mol. The van der Waals surface area contributed by atoms with Gasteiger partial charge in [-0.2, -0.15) is 5.10 Å². The smallest absolute Gasteiger partial charge is 0.265 e. The number of hydrogen-bond acceptors (Lipinski definition) is 5. The van der Waals surface area contributed by atoms with Gasteiger partial charge in [-0.1, -0.05) is 6.92 Å². The maximum atomic E-state index is 12.5. The standard InChI is InChI=1S/C14H19N5OS.2ClH/c1-14(8-15)3-4-19(9-14)13(20)11-6-16-12(21-11)10-5-17-18(2)7-10;;/h5-7H,3-4,8-9,15H2,1-2H3;2*1H. The number of thiazole rings is 1. The van der Waals surface area contributed by atoms with Crippen molar-refractivity contribution in [2.24, 2.45) is 18.2 Å². The maximum absolute atomic E-state index is 12.5. The van der Waals surface area contributed by atoms with Gasteiger partial charge in [0.2, 0.25) is 0 Å². The predicted molar refractivity (Wildman–Crippen MR) is 96.5 cm³/mol. The molecule has 0 bridgehead atoms. The Morgan fingerprint density at radius 3 is 2.74 bits per heavy atom. The fourth-order valence-electron chi connectivity index (χ4n) is 2.56. The van der Waals surface area contributed by atoms with Crippen molar-refractivity contribution in [2.45, 2.75) is 13.3 Å². The van der Waals surface area contributed by atoms with E-state index >= 15 is 0 Å². The number of aromatic nitrogens is 3. The molecule has 0 aliphatic carbocycles. The van der Waals surface area contributed by atoms with Gasteiger partial charge in [-0.25, -0.2) is 4.98 Å². The Bertz CT molecular complexity index is 674. The number of aryl methyl sites for hydroxylation is 1. The molecule has 23 heavy (non-hydrogen) atoms. The van der Waals surface area contributed by atoms with Gasteiger partial charge < -0.3 is 10.6 Å². The highest BCUT2D eigenvalue weighted by atomic mass is 35.5. The van der Waals surface area contributed by atoms with Crippen LogP contribution in [0.5, 0.6) is 0 Å². The van der Waals surface area contributed by atoms with E-state index in [9.17, 15) is 4.79 Å². The molecule has 2 N–H and O–H groups in total. The lowest BCUT2D eigenvalue weighted by Crippen LogP contribution is -2.34. The van der Waals surface area contributed by atoms with E-state index in [-0.39, 0.29) is 36.1 Å². The van der Waals surface area contributed by atoms with Gasteiger partial charge in [0.1, 0.15) is 9.88 Å². The Morgan fingerprint density at radius 1 is 1.43 bits per heavy atom. The van der Waals surface area contributed by atoms with Crippen molar-refractivity contribution in [1.29, 1.82) is 0 Å². The molecule has 2 aromatic rings. The van der Waals surface area contributed by atoms with Gasteiger partial charge in [-0.15, -0.1) is 36.2 Å². The molecule has 0 aromatic carbocycles. The minimum absolute atomic E-state index is 0. The molecule has 1 aliphatic heterocycles. The summed E-state index contributed by atoms with van der Waals surface area (Å²) in [5.74, 6) is 0.0554. The summed E-state index contributed by atoms with van der Waals surface area (Å²) in [5, 5.41) is 4.95. The zero-order chi connectivity index (χ0) is 15.0. The number of amides is 1. The highest BCUT2D eigenvalue weighted by Gasteiger charge is 2.35. The highest BCUT2D eigenvalue weighted by Crippen LogP contribution is 2.31. The molecular weight excluding hydrogens is 357 g/mol. The summed E-state index contributed by atoms with van der Waals surface area (Å²) in [6.07, 6.45) is 6.28. The minimum Gasteiger partial charge on any atom is -0.337 e. The number of rotatable bonds is 3. The second-order valence-electron chi connectivity index (χ2n) is 5.92. The third-order valence-electron chi connectivity index (χ3n) is 4.01. The van der Waals surface area contributed by atoms with E-state index in [4.69, 9.17) is 5.73 Å². The molecule has 1 saturated heterocycles. The van der Waals surface area contributed by atoms with E-state index in [2.05, 4.69) is 17.0 Å². The van der Waals surface area contributed by atoms with Crippen LogP contribution in [0.25, 0.3) is 10.6 Å². The number of halogens is 2. The Balaban J connectivity index is 0.00000132. The first-order chi connectivity index (χ1) is 10.0. The first-order valence-electron chi connectivity index (χ1n) is 6.95. The summed E-state index contributed by atoms with van der Waals surface area (Å²) < 4.78 is 1.73. The van der Waals surface area contributed by atoms with E-state index in [0.717, 1.165) is 30.1 Å². The molecule has 1 aliphatic rings. The van der Waals surface area contributed by atoms with Crippen LogP contribution in [-0.4, -0.2) is 45.2 Å². The number of carbonyl (C=O) groups excluding carboxylic acids is 1. The van der Waals surface area contributed by atoms with Crippen molar-refractivity contribution in [3.8, 4) is 10.6 Å². The van der Waals surface area contributed by atoms with Crippen LogP contribution in [-0.2, 0) is 7.05 Å². The van der Waals surface area contributed by atoms with Crippen LogP contribution in [0.1, 0.15) is 23.0 Å². The van der Waals surface area contributed by atoms with Gasteiger partial charge in [0.25, 0.3) is 5.91 Å². The number of likely N-dealkylation sites (tertiary alicyclic amines) is 1. The molecular formula is C14H21Cl2N5OS. The molecule has 6 nitrogen and oxygen atoms in total. The van der Waals surface area contributed by atoms with Gasteiger partial charge in [0, 0.05) is 31.9 Å². The molecule has 2 aromatic heterocycles. The van der Waals surface area contributed by atoms with Crippen LogP contribution in [0.3, 0.4) is 0 Å². The first-order valence-corrected chi connectivity index (χ1v) is 7.77. The zero-order valence-corrected chi connectivity index (χ0v) is 15.5. The molecule has 1 atom stereocenters. The largest absolute Gasteiger partial charge is 0.337 e. The van der Waals surface area contributed by atoms with E-state index < -0.39 is 0 Å². The Labute approximate surface area is 151 Å². The van der Waals surface area contributed by atoms with Crippen LogP contribution >= 0.6 is 36.2 Å². The van der Waals surface area contributed by atoms with Crippen molar-refractivity contribution >= 4 is 42.1 Å². The Hall–Kier alpha value is -1.15. The second kappa shape index (κ2) is 7.61. The van der Waals surface area contributed by atoms with Crippen molar-refractivity contribution < 1.29 is 4.79 Å². The summed E-state index contributed by atoms with van der Waals surface area (Å²) in [5.41, 5.74) is 6.78.